The van der Waals surface area contributed by atoms with Gasteiger partial charge in [-0.25, -0.2) is 0 Å². The van der Waals surface area contributed by atoms with Crippen molar-refractivity contribution in [2.75, 3.05) is 19.6 Å². The Labute approximate surface area is 111 Å². The van der Waals surface area contributed by atoms with E-state index in [2.05, 4.69) is 5.32 Å². The monoisotopic (exact) mass is 279 g/mol. The Morgan fingerprint density at radius 1 is 1.42 bits per heavy atom. The van der Waals surface area contributed by atoms with E-state index >= 15 is 0 Å². The zero-order valence-corrected chi connectivity index (χ0v) is 11.6. The van der Waals surface area contributed by atoms with Crippen molar-refractivity contribution in [3.8, 4) is 6.07 Å². The Hall–Kier alpha value is -1.29. The summed E-state index contributed by atoms with van der Waals surface area (Å²) >= 11 is 0. The predicted octanol–water partition coefficient (Wildman–Crippen LogP) is 1.93. The fourth-order valence-corrected chi connectivity index (χ4v) is 1.37. The highest BCUT2D eigenvalue weighted by molar-refractivity contribution is 5.79. The second-order valence-electron chi connectivity index (χ2n) is 4.94. The molecule has 4 nitrogen and oxygen atoms in total. The highest BCUT2D eigenvalue weighted by Gasteiger charge is 2.33. The van der Waals surface area contributed by atoms with Crippen molar-refractivity contribution in [1.29, 1.82) is 5.26 Å². The number of amides is 1. The number of likely N-dealkylation sites (N-methyl/N-ethyl adjacent to an activating group) is 1. The topological polar surface area (TPSA) is 56.1 Å². The molecule has 0 radical (unpaired) electrons. The summed E-state index contributed by atoms with van der Waals surface area (Å²) in [5.74, 6) is -0.719. The molecular formula is C12H20F3N3O. The molecule has 1 atom stereocenters. The number of carbonyl (C=O) groups is 1. The highest BCUT2D eigenvalue weighted by Crippen LogP contribution is 2.17. The van der Waals surface area contributed by atoms with E-state index in [1.54, 1.807) is 27.7 Å². The molecular weight excluding hydrogens is 259 g/mol. The van der Waals surface area contributed by atoms with Gasteiger partial charge >= 0.3 is 6.18 Å². The van der Waals surface area contributed by atoms with Crippen molar-refractivity contribution in [2.45, 2.75) is 39.4 Å². The first kappa shape index (κ1) is 17.7. The van der Waals surface area contributed by atoms with E-state index < -0.39 is 24.2 Å². The summed E-state index contributed by atoms with van der Waals surface area (Å²) in [7, 11) is 0. The van der Waals surface area contributed by atoms with Crippen LogP contribution in [0.1, 0.15) is 27.7 Å². The Bertz CT molecular complexity index is 349. The molecule has 0 aliphatic heterocycles. The quantitative estimate of drug-likeness (QED) is 0.808. The molecule has 0 fully saturated rings. The number of carbonyl (C=O) groups excluding carboxylic acids is 1. The average molecular weight is 279 g/mol. The first-order valence-electron chi connectivity index (χ1n) is 6.05. The van der Waals surface area contributed by atoms with E-state index in [9.17, 15) is 18.0 Å². The molecule has 0 heterocycles. The lowest BCUT2D eigenvalue weighted by atomic mass is 9.90. The molecule has 0 saturated heterocycles. The van der Waals surface area contributed by atoms with Crippen molar-refractivity contribution in [3.63, 3.8) is 0 Å². The Kier molecular flexibility index (Phi) is 6.30. The van der Waals surface area contributed by atoms with Gasteiger partial charge in [0.05, 0.1) is 19.2 Å². The van der Waals surface area contributed by atoms with Crippen molar-refractivity contribution in [1.82, 2.24) is 10.2 Å². The van der Waals surface area contributed by atoms with Crippen LogP contribution in [-0.2, 0) is 4.79 Å². The van der Waals surface area contributed by atoms with Crippen LogP contribution in [0.2, 0.25) is 0 Å². The number of nitrogens with one attached hydrogen (secondary N) is 1. The maximum absolute atomic E-state index is 12.2. The number of hydrogen-bond acceptors (Lipinski definition) is 3. The third kappa shape index (κ3) is 6.43. The summed E-state index contributed by atoms with van der Waals surface area (Å²) in [5, 5.41) is 11.5. The van der Waals surface area contributed by atoms with E-state index in [0.29, 0.717) is 0 Å². The van der Waals surface area contributed by atoms with Crippen LogP contribution in [0.25, 0.3) is 0 Å². The second kappa shape index (κ2) is 6.75. The molecule has 1 N–H and O–H groups in total. The number of halogens is 3. The summed E-state index contributed by atoms with van der Waals surface area (Å²) in [5.41, 5.74) is -1.07. The van der Waals surface area contributed by atoms with Gasteiger partial charge < -0.3 is 5.32 Å². The van der Waals surface area contributed by atoms with Crippen LogP contribution in [-0.4, -0.2) is 42.2 Å². The summed E-state index contributed by atoms with van der Waals surface area (Å²) < 4.78 is 36.7. The fourth-order valence-electron chi connectivity index (χ4n) is 1.37. The molecule has 0 aliphatic rings. The van der Waals surface area contributed by atoms with Gasteiger partial charge in [0.2, 0.25) is 5.91 Å². The highest BCUT2D eigenvalue weighted by atomic mass is 19.4. The molecule has 0 saturated carbocycles. The van der Waals surface area contributed by atoms with Crippen molar-refractivity contribution in [3.05, 3.63) is 0 Å². The molecule has 7 heteroatoms. The molecule has 0 rings (SSSR count). The van der Waals surface area contributed by atoms with Crippen LogP contribution in [0.3, 0.4) is 0 Å². The van der Waals surface area contributed by atoms with Gasteiger partial charge in [0.25, 0.3) is 0 Å². The molecule has 0 bridgehead atoms. The standard InChI is InChI=1S/C12H20F3N3O/c1-5-18(8-12(13,14)15)6-10(19)17-11(4,7-16)9(2)3/h9H,5-6,8H2,1-4H3,(H,17,19)/t11-/m1/s1. The van der Waals surface area contributed by atoms with Gasteiger partial charge in [-0.1, -0.05) is 20.8 Å². The third-order valence-corrected chi connectivity index (χ3v) is 3.00. The average Bonchev–Trinajstić information content (AvgIpc) is 2.25. The summed E-state index contributed by atoms with van der Waals surface area (Å²) in [6.07, 6.45) is -4.34. The van der Waals surface area contributed by atoms with Gasteiger partial charge in [-0.15, -0.1) is 0 Å². The van der Waals surface area contributed by atoms with Gasteiger partial charge in [0, 0.05) is 0 Å². The third-order valence-electron chi connectivity index (χ3n) is 3.00. The minimum absolute atomic E-state index is 0.109. The summed E-state index contributed by atoms with van der Waals surface area (Å²) in [6.45, 7) is 5.22. The van der Waals surface area contributed by atoms with E-state index in [-0.39, 0.29) is 19.0 Å². The smallest absolute Gasteiger partial charge is 0.337 e. The number of hydrogen-bond donors (Lipinski definition) is 1. The number of rotatable bonds is 6. The zero-order valence-electron chi connectivity index (χ0n) is 11.6. The predicted molar refractivity (Wildman–Crippen MR) is 65.2 cm³/mol. The summed E-state index contributed by atoms with van der Waals surface area (Å²) in [4.78, 5) is 12.7. The fraction of sp³-hybridized carbons (Fsp3) is 0.833. The van der Waals surface area contributed by atoms with Gasteiger partial charge in [-0.05, 0) is 19.4 Å². The Morgan fingerprint density at radius 3 is 2.26 bits per heavy atom. The minimum atomic E-state index is -4.34. The van der Waals surface area contributed by atoms with Crippen LogP contribution in [0.5, 0.6) is 0 Å². The lowest BCUT2D eigenvalue weighted by Crippen LogP contribution is -2.52. The summed E-state index contributed by atoms with van der Waals surface area (Å²) in [6, 6.07) is 1.98. The molecule has 19 heavy (non-hydrogen) atoms. The molecule has 0 aromatic rings. The van der Waals surface area contributed by atoms with Gasteiger partial charge in [0.15, 0.2) is 0 Å². The number of alkyl halides is 3. The van der Waals surface area contributed by atoms with Crippen LogP contribution >= 0.6 is 0 Å². The molecule has 1 amide bonds. The van der Waals surface area contributed by atoms with Crippen molar-refractivity contribution < 1.29 is 18.0 Å². The van der Waals surface area contributed by atoms with Gasteiger partial charge in [-0.2, -0.15) is 18.4 Å². The second-order valence-corrected chi connectivity index (χ2v) is 4.94. The molecule has 0 unspecified atom stereocenters. The SMILES string of the molecule is CCN(CC(=O)N[C@](C)(C#N)C(C)C)CC(F)(F)F. The van der Waals surface area contributed by atoms with Crippen LogP contribution < -0.4 is 5.32 Å². The Balaban J connectivity index is 4.57. The first-order valence-corrected chi connectivity index (χ1v) is 6.05. The molecule has 0 aromatic carbocycles. The van der Waals surface area contributed by atoms with Crippen LogP contribution in [0.4, 0.5) is 13.2 Å². The minimum Gasteiger partial charge on any atom is -0.337 e. The van der Waals surface area contributed by atoms with E-state index in [1.165, 1.54) is 0 Å². The van der Waals surface area contributed by atoms with E-state index in [4.69, 9.17) is 5.26 Å². The largest absolute Gasteiger partial charge is 0.401 e. The van der Waals surface area contributed by atoms with Crippen molar-refractivity contribution in [2.24, 2.45) is 5.92 Å². The first-order chi connectivity index (χ1) is 8.54. The molecule has 0 aliphatic carbocycles. The van der Waals surface area contributed by atoms with E-state index in [1.807, 2.05) is 6.07 Å². The Morgan fingerprint density at radius 2 is 1.95 bits per heavy atom. The maximum Gasteiger partial charge on any atom is 0.401 e. The molecule has 110 valence electrons. The van der Waals surface area contributed by atoms with Crippen LogP contribution in [0, 0.1) is 17.2 Å². The molecule has 0 spiro atoms. The van der Waals surface area contributed by atoms with Crippen molar-refractivity contribution >= 4 is 5.91 Å². The maximum atomic E-state index is 12.2. The van der Waals surface area contributed by atoms with Gasteiger partial charge in [-0.3, -0.25) is 9.69 Å². The molecule has 0 aromatic heterocycles. The lowest BCUT2D eigenvalue weighted by molar-refractivity contribution is -0.148. The normalized spacial score (nSPS) is 15.2. The lowest BCUT2D eigenvalue weighted by Gasteiger charge is -2.29. The number of nitriles is 1. The number of nitrogens with zero attached hydrogens (tertiary/aromatic N) is 2. The van der Waals surface area contributed by atoms with E-state index in [0.717, 1.165) is 4.90 Å². The van der Waals surface area contributed by atoms with Gasteiger partial charge in [0.1, 0.15) is 5.54 Å². The zero-order chi connectivity index (χ0) is 15.3. The van der Waals surface area contributed by atoms with Crippen LogP contribution in [0.15, 0.2) is 0 Å².